The molecule has 2 heterocycles. The van der Waals surface area contributed by atoms with Crippen LogP contribution >= 0.6 is 0 Å². The van der Waals surface area contributed by atoms with Gasteiger partial charge in [0.1, 0.15) is 0 Å². The molecule has 0 radical (unpaired) electrons. The van der Waals surface area contributed by atoms with Gasteiger partial charge in [-0.1, -0.05) is 6.07 Å². The number of piperazine rings is 1. The van der Waals surface area contributed by atoms with E-state index < -0.39 is 0 Å². The van der Waals surface area contributed by atoms with Gasteiger partial charge in [-0.25, -0.2) is 0 Å². The summed E-state index contributed by atoms with van der Waals surface area (Å²) in [6.45, 7) is 7.98. The van der Waals surface area contributed by atoms with Crippen molar-refractivity contribution in [2.45, 2.75) is 19.9 Å². The van der Waals surface area contributed by atoms with E-state index >= 15 is 0 Å². The summed E-state index contributed by atoms with van der Waals surface area (Å²) in [4.78, 5) is 20.2. The Hall–Kier alpha value is -1.81. The van der Waals surface area contributed by atoms with Gasteiger partial charge in [-0.2, -0.15) is 0 Å². The monoisotopic (exact) mass is 271 g/mol. The van der Waals surface area contributed by atoms with Crippen molar-refractivity contribution in [2.24, 2.45) is 0 Å². The number of benzene rings is 1. The molecule has 1 N–H and O–H groups in total. The minimum absolute atomic E-state index is 0.151. The number of hydrogen-bond acceptors (Lipinski definition) is 2. The van der Waals surface area contributed by atoms with Gasteiger partial charge in [0.05, 0.1) is 0 Å². The van der Waals surface area contributed by atoms with Gasteiger partial charge in [-0.05, 0) is 32.0 Å². The Morgan fingerprint density at radius 3 is 2.60 bits per heavy atom. The highest BCUT2D eigenvalue weighted by Crippen LogP contribution is 2.20. The lowest BCUT2D eigenvalue weighted by atomic mass is 10.1. The van der Waals surface area contributed by atoms with Crippen molar-refractivity contribution >= 4 is 16.8 Å². The van der Waals surface area contributed by atoms with Crippen LogP contribution in [0.4, 0.5) is 0 Å². The van der Waals surface area contributed by atoms with Crippen molar-refractivity contribution in [1.82, 2.24) is 14.8 Å². The molecule has 0 aliphatic carbocycles. The molecule has 0 saturated carbocycles. The summed E-state index contributed by atoms with van der Waals surface area (Å²) in [6, 6.07) is 8.40. The predicted octanol–water partition coefficient (Wildman–Crippen LogP) is 2.33. The molecule has 2 aromatic rings. The third kappa shape index (κ3) is 2.31. The van der Waals surface area contributed by atoms with E-state index in [1.165, 1.54) is 0 Å². The second-order valence-corrected chi connectivity index (χ2v) is 5.67. The van der Waals surface area contributed by atoms with Crippen LogP contribution in [0.25, 0.3) is 10.9 Å². The molecule has 20 heavy (non-hydrogen) atoms. The van der Waals surface area contributed by atoms with Crippen LogP contribution in [-0.2, 0) is 0 Å². The van der Waals surface area contributed by atoms with E-state index in [1.807, 2.05) is 35.4 Å². The van der Waals surface area contributed by atoms with Crippen LogP contribution in [-0.4, -0.2) is 52.9 Å². The lowest BCUT2D eigenvalue weighted by Crippen LogP contribution is -2.50. The number of carbonyl (C=O) groups excluding carboxylic acids is 1. The van der Waals surface area contributed by atoms with Crippen LogP contribution in [0.5, 0.6) is 0 Å². The van der Waals surface area contributed by atoms with Gasteiger partial charge in [-0.3, -0.25) is 9.69 Å². The van der Waals surface area contributed by atoms with E-state index in [9.17, 15) is 4.79 Å². The molecule has 1 aliphatic heterocycles. The van der Waals surface area contributed by atoms with Crippen molar-refractivity contribution in [3.05, 3.63) is 36.0 Å². The molecule has 0 bridgehead atoms. The largest absolute Gasteiger partial charge is 0.361 e. The first kappa shape index (κ1) is 13.2. The number of nitrogens with zero attached hydrogens (tertiary/aromatic N) is 2. The number of aromatic nitrogens is 1. The van der Waals surface area contributed by atoms with Crippen molar-refractivity contribution in [2.75, 3.05) is 26.2 Å². The third-order valence-electron chi connectivity index (χ3n) is 4.16. The molecule has 1 aromatic carbocycles. The summed E-state index contributed by atoms with van der Waals surface area (Å²) in [6.07, 6.45) is 1.89. The van der Waals surface area contributed by atoms with Crippen LogP contribution < -0.4 is 0 Å². The summed E-state index contributed by atoms with van der Waals surface area (Å²) in [5.74, 6) is 0.151. The minimum Gasteiger partial charge on any atom is -0.361 e. The fraction of sp³-hybridized carbons (Fsp3) is 0.438. The predicted molar refractivity (Wildman–Crippen MR) is 80.9 cm³/mol. The smallest absolute Gasteiger partial charge is 0.254 e. The van der Waals surface area contributed by atoms with Crippen molar-refractivity contribution in [1.29, 1.82) is 0 Å². The Bertz CT molecular complexity index is 609. The Morgan fingerprint density at radius 2 is 1.90 bits per heavy atom. The Balaban J connectivity index is 1.78. The summed E-state index contributed by atoms with van der Waals surface area (Å²) in [5.41, 5.74) is 1.83. The maximum absolute atomic E-state index is 12.7. The topological polar surface area (TPSA) is 39.3 Å². The Morgan fingerprint density at radius 1 is 1.15 bits per heavy atom. The Labute approximate surface area is 119 Å². The molecular weight excluding hydrogens is 250 g/mol. The first-order chi connectivity index (χ1) is 9.66. The maximum atomic E-state index is 12.7. The number of aromatic amines is 1. The second kappa shape index (κ2) is 5.29. The molecule has 3 rings (SSSR count). The first-order valence-corrected chi connectivity index (χ1v) is 7.26. The molecule has 4 nitrogen and oxygen atoms in total. The third-order valence-corrected chi connectivity index (χ3v) is 4.16. The molecule has 1 aliphatic rings. The SMILES string of the molecule is CC(C)N1CCN(C(=O)c2cccc3[nH]ccc23)CC1. The number of H-pyrrole nitrogens is 1. The average molecular weight is 271 g/mol. The van der Waals surface area contributed by atoms with Gasteiger partial charge in [-0.15, -0.1) is 0 Å². The first-order valence-electron chi connectivity index (χ1n) is 7.26. The zero-order chi connectivity index (χ0) is 14.1. The van der Waals surface area contributed by atoms with E-state index in [2.05, 4.69) is 23.7 Å². The second-order valence-electron chi connectivity index (χ2n) is 5.67. The van der Waals surface area contributed by atoms with Crippen molar-refractivity contribution < 1.29 is 4.79 Å². The lowest BCUT2D eigenvalue weighted by Gasteiger charge is -2.37. The molecule has 0 unspecified atom stereocenters. The molecule has 1 fully saturated rings. The van der Waals surface area contributed by atoms with Gasteiger partial charge in [0, 0.05) is 54.9 Å². The highest BCUT2D eigenvalue weighted by Gasteiger charge is 2.24. The van der Waals surface area contributed by atoms with E-state index in [-0.39, 0.29) is 5.91 Å². The quantitative estimate of drug-likeness (QED) is 0.910. The summed E-state index contributed by atoms with van der Waals surface area (Å²) in [7, 11) is 0. The van der Waals surface area contributed by atoms with Gasteiger partial charge >= 0.3 is 0 Å². The number of nitrogens with one attached hydrogen (secondary N) is 1. The van der Waals surface area contributed by atoms with E-state index in [0.717, 1.165) is 42.6 Å². The molecule has 0 atom stereocenters. The van der Waals surface area contributed by atoms with Crippen molar-refractivity contribution in [3.8, 4) is 0 Å². The fourth-order valence-electron chi connectivity index (χ4n) is 2.88. The standard InChI is InChI=1S/C16H21N3O/c1-12(2)18-8-10-19(11-9-18)16(20)14-4-3-5-15-13(14)6-7-17-15/h3-7,12,17H,8-11H2,1-2H3. The average Bonchev–Trinajstić information content (AvgIpc) is 2.95. The van der Waals surface area contributed by atoms with Crippen LogP contribution in [0.15, 0.2) is 30.5 Å². The van der Waals surface area contributed by atoms with Crippen molar-refractivity contribution in [3.63, 3.8) is 0 Å². The fourth-order valence-corrected chi connectivity index (χ4v) is 2.88. The maximum Gasteiger partial charge on any atom is 0.254 e. The number of amides is 1. The summed E-state index contributed by atoms with van der Waals surface area (Å²) < 4.78 is 0. The van der Waals surface area contributed by atoms with E-state index in [0.29, 0.717) is 6.04 Å². The molecule has 4 heteroatoms. The number of fused-ring (bicyclic) bond motifs is 1. The van der Waals surface area contributed by atoms with Gasteiger partial charge < -0.3 is 9.88 Å². The zero-order valence-corrected chi connectivity index (χ0v) is 12.1. The molecule has 106 valence electrons. The van der Waals surface area contributed by atoms with Crippen LogP contribution in [0.2, 0.25) is 0 Å². The van der Waals surface area contributed by atoms with Gasteiger partial charge in [0.15, 0.2) is 0 Å². The van der Waals surface area contributed by atoms with Crippen LogP contribution in [0.1, 0.15) is 24.2 Å². The van der Waals surface area contributed by atoms with Gasteiger partial charge in [0.25, 0.3) is 5.91 Å². The Kier molecular flexibility index (Phi) is 3.49. The van der Waals surface area contributed by atoms with Crippen LogP contribution in [0.3, 0.4) is 0 Å². The lowest BCUT2D eigenvalue weighted by molar-refractivity contribution is 0.0597. The highest BCUT2D eigenvalue weighted by molar-refractivity contribution is 6.06. The highest BCUT2D eigenvalue weighted by atomic mass is 16.2. The van der Waals surface area contributed by atoms with Crippen LogP contribution in [0, 0.1) is 0 Å². The zero-order valence-electron chi connectivity index (χ0n) is 12.1. The molecular formula is C16H21N3O. The molecule has 1 amide bonds. The van der Waals surface area contributed by atoms with Gasteiger partial charge in [0.2, 0.25) is 0 Å². The number of hydrogen-bond donors (Lipinski definition) is 1. The minimum atomic E-state index is 0.151. The van der Waals surface area contributed by atoms with E-state index in [4.69, 9.17) is 0 Å². The summed E-state index contributed by atoms with van der Waals surface area (Å²) >= 11 is 0. The number of rotatable bonds is 2. The number of carbonyl (C=O) groups is 1. The normalized spacial score (nSPS) is 17.1. The molecule has 1 aromatic heterocycles. The van der Waals surface area contributed by atoms with E-state index in [1.54, 1.807) is 0 Å². The molecule has 0 spiro atoms. The summed E-state index contributed by atoms with van der Waals surface area (Å²) in [5, 5.41) is 1.02. The molecule has 1 saturated heterocycles.